The van der Waals surface area contributed by atoms with Crippen molar-refractivity contribution in [2.45, 2.75) is 13.8 Å². The summed E-state index contributed by atoms with van der Waals surface area (Å²) in [5.74, 6) is 0. The van der Waals surface area contributed by atoms with Gasteiger partial charge in [0.25, 0.3) is 0 Å². The molecule has 4 heteroatoms. The third-order valence-electron chi connectivity index (χ3n) is 3.08. The van der Waals surface area contributed by atoms with Crippen molar-refractivity contribution in [3.05, 3.63) is 58.1 Å². The van der Waals surface area contributed by atoms with Crippen LogP contribution in [0.2, 0.25) is 0 Å². The second kappa shape index (κ2) is 4.31. The van der Waals surface area contributed by atoms with E-state index in [9.17, 15) is 4.79 Å². The lowest BCUT2D eigenvalue weighted by atomic mass is 10.0. The van der Waals surface area contributed by atoms with E-state index in [1.807, 2.05) is 50.2 Å². The molecule has 3 aromatic rings. The van der Waals surface area contributed by atoms with Crippen molar-refractivity contribution < 1.29 is 0 Å². The summed E-state index contributed by atoms with van der Waals surface area (Å²) in [6.45, 7) is 3.90. The minimum Gasteiger partial charge on any atom is -0.305 e. The smallest absolute Gasteiger partial charge is 0.305 e. The predicted octanol–water partition coefficient (Wildman–Crippen LogP) is 2.60. The fourth-order valence-electron chi connectivity index (χ4n) is 2.32. The molecule has 2 aromatic heterocycles. The van der Waals surface area contributed by atoms with E-state index in [-0.39, 0.29) is 5.69 Å². The fraction of sp³-hybridized carbons (Fsp3) is 0.133. The maximum absolute atomic E-state index is 11.7. The van der Waals surface area contributed by atoms with Crippen LogP contribution < -0.4 is 5.69 Å². The van der Waals surface area contributed by atoms with Gasteiger partial charge in [-0.1, -0.05) is 30.3 Å². The van der Waals surface area contributed by atoms with Crippen LogP contribution in [0.3, 0.4) is 0 Å². The topological polar surface area (TPSA) is 58.6 Å². The van der Waals surface area contributed by atoms with E-state index in [0.717, 1.165) is 27.9 Å². The Labute approximate surface area is 110 Å². The van der Waals surface area contributed by atoms with Crippen molar-refractivity contribution in [1.29, 1.82) is 0 Å². The van der Waals surface area contributed by atoms with Gasteiger partial charge in [0.1, 0.15) is 0 Å². The van der Waals surface area contributed by atoms with Crippen molar-refractivity contribution in [1.82, 2.24) is 15.0 Å². The van der Waals surface area contributed by atoms with Crippen LogP contribution in [0.25, 0.3) is 22.3 Å². The molecule has 94 valence electrons. The number of H-pyrrole nitrogens is 1. The van der Waals surface area contributed by atoms with E-state index >= 15 is 0 Å². The molecule has 0 spiro atoms. The Morgan fingerprint density at radius 2 is 1.79 bits per heavy atom. The normalized spacial score (nSPS) is 10.8. The Hall–Kier alpha value is -2.49. The van der Waals surface area contributed by atoms with Crippen LogP contribution in [-0.4, -0.2) is 15.0 Å². The second-order valence-electron chi connectivity index (χ2n) is 4.56. The highest BCUT2D eigenvalue weighted by Gasteiger charge is 2.10. The van der Waals surface area contributed by atoms with Crippen molar-refractivity contribution in [3.8, 4) is 11.3 Å². The first-order valence-corrected chi connectivity index (χ1v) is 6.09. The van der Waals surface area contributed by atoms with E-state index in [2.05, 4.69) is 15.0 Å². The van der Waals surface area contributed by atoms with Gasteiger partial charge in [0.2, 0.25) is 0 Å². The lowest BCUT2D eigenvalue weighted by Crippen LogP contribution is -2.13. The third kappa shape index (κ3) is 2.01. The summed E-state index contributed by atoms with van der Waals surface area (Å²) >= 11 is 0. The highest BCUT2D eigenvalue weighted by molar-refractivity contribution is 5.92. The summed E-state index contributed by atoms with van der Waals surface area (Å²) in [7, 11) is 0. The summed E-state index contributed by atoms with van der Waals surface area (Å²) in [6, 6.07) is 11.7. The molecule has 0 atom stereocenters. The highest BCUT2D eigenvalue weighted by Crippen LogP contribution is 2.26. The predicted molar refractivity (Wildman–Crippen MR) is 75.1 cm³/mol. The molecule has 0 unspecified atom stereocenters. The van der Waals surface area contributed by atoms with Gasteiger partial charge < -0.3 is 4.98 Å². The van der Waals surface area contributed by atoms with Gasteiger partial charge in [-0.25, -0.2) is 9.78 Å². The summed E-state index contributed by atoms with van der Waals surface area (Å²) in [5, 5.41) is 0.899. The van der Waals surface area contributed by atoms with Gasteiger partial charge in [-0.3, -0.25) is 0 Å². The minimum absolute atomic E-state index is 0.371. The van der Waals surface area contributed by atoms with Gasteiger partial charge in [0.15, 0.2) is 5.65 Å². The van der Waals surface area contributed by atoms with Crippen molar-refractivity contribution in [2.75, 3.05) is 0 Å². The van der Waals surface area contributed by atoms with Gasteiger partial charge in [-0.2, -0.15) is 4.98 Å². The molecule has 0 fully saturated rings. The average Bonchev–Trinajstić information content (AvgIpc) is 2.38. The number of pyridine rings is 1. The molecule has 0 aliphatic rings. The van der Waals surface area contributed by atoms with Crippen LogP contribution in [0.1, 0.15) is 11.3 Å². The highest BCUT2D eigenvalue weighted by atomic mass is 16.1. The summed E-state index contributed by atoms with van der Waals surface area (Å²) in [5.41, 5.74) is 3.79. The number of aromatic nitrogens is 3. The SMILES string of the molecule is Cc1cc(C)c2c(-c3ccccc3)[nH]c(=O)nc2n1. The molecule has 0 radical (unpaired) electrons. The van der Waals surface area contributed by atoms with E-state index in [4.69, 9.17) is 0 Å². The molecule has 1 aromatic carbocycles. The molecule has 0 aliphatic heterocycles. The minimum atomic E-state index is -0.371. The number of hydrogen-bond acceptors (Lipinski definition) is 3. The molecule has 0 saturated heterocycles. The number of hydrogen-bond donors (Lipinski definition) is 1. The average molecular weight is 251 g/mol. The third-order valence-corrected chi connectivity index (χ3v) is 3.08. The van der Waals surface area contributed by atoms with Crippen molar-refractivity contribution in [2.24, 2.45) is 0 Å². The maximum Gasteiger partial charge on any atom is 0.347 e. The number of rotatable bonds is 1. The molecule has 0 bridgehead atoms. The maximum atomic E-state index is 11.7. The number of nitrogens with zero attached hydrogens (tertiary/aromatic N) is 2. The lowest BCUT2D eigenvalue weighted by Gasteiger charge is -2.08. The Kier molecular flexibility index (Phi) is 2.63. The molecule has 2 heterocycles. The first-order valence-electron chi connectivity index (χ1n) is 6.09. The summed E-state index contributed by atoms with van der Waals surface area (Å²) in [4.78, 5) is 22.8. The lowest BCUT2D eigenvalue weighted by molar-refractivity contribution is 1.08. The van der Waals surface area contributed by atoms with Crippen LogP contribution in [0.4, 0.5) is 0 Å². The zero-order valence-electron chi connectivity index (χ0n) is 10.8. The van der Waals surface area contributed by atoms with Crippen molar-refractivity contribution >= 4 is 11.0 Å². The molecule has 1 N–H and O–H groups in total. The largest absolute Gasteiger partial charge is 0.347 e. The van der Waals surface area contributed by atoms with Gasteiger partial charge in [-0.05, 0) is 31.0 Å². The Morgan fingerprint density at radius 1 is 1.05 bits per heavy atom. The summed E-state index contributed by atoms with van der Waals surface area (Å²) < 4.78 is 0. The molecule has 19 heavy (non-hydrogen) atoms. The van der Waals surface area contributed by atoms with Gasteiger partial charge in [-0.15, -0.1) is 0 Å². The Morgan fingerprint density at radius 3 is 2.53 bits per heavy atom. The fourth-order valence-corrected chi connectivity index (χ4v) is 2.32. The van der Waals surface area contributed by atoms with Crippen LogP contribution in [-0.2, 0) is 0 Å². The van der Waals surface area contributed by atoms with E-state index in [1.165, 1.54) is 0 Å². The summed E-state index contributed by atoms with van der Waals surface area (Å²) in [6.07, 6.45) is 0. The van der Waals surface area contributed by atoms with Crippen LogP contribution in [0.5, 0.6) is 0 Å². The number of fused-ring (bicyclic) bond motifs is 1. The zero-order chi connectivity index (χ0) is 13.4. The van der Waals surface area contributed by atoms with Crippen molar-refractivity contribution in [3.63, 3.8) is 0 Å². The monoisotopic (exact) mass is 251 g/mol. The van der Waals surface area contributed by atoms with Crippen LogP contribution in [0, 0.1) is 13.8 Å². The molecular weight excluding hydrogens is 238 g/mol. The van der Waals surface area contributed by atoms with E-state index in [1.54, 1.807) is 0 Å². The molecule has 0 amide bonds. The Balaban J connectivity index is 2.45. The molecule has 4 nitrogen and oxygen atoms in total. The quantitative estimate of drug-likeness (QED) is 0.723. The van der Waals surface area contributed by atoms with Gasteiger partial charge >= 0.3 is 5.69 Å². The molecule has 0 aliphatic carbocycles. The number of aryl methyl sites for hydroxylation is 2. The number of aromatic amines is 1. The van der Waals surface area contributed by atoms with E-state index < -0.39 is 0 Å². The number of nitrogens with one attached hydrogen (secondary N) is 1. The first kappa shape index (κ1) is 11.6. The second-order valence-corrected chi connectivity index (χ2v) is 4.56. The molecule has 3 rings (SSSR count). The van der Waals surface area contributed by atoms with Gasteiger partial charge in [0, 0.05) is 11.1 Å². The Bertz CT molecular complexity index is 807. The van der Waals surface area contributed by atoms with E-state index in [0.29, 0.717) is 5.65 Å². The first-order chi connectivity index (χ1) is 9.15. The standard InChI is InChI=1S/C15H13N3O/c1-9-8-10(2)16-14-12(9)13(17-15(19)18-14)11-6-4-3-5-7-11/h3-8H,1-2H3,(H,16,17,18,19). The van der Waals surface area contributed by atoms with Crippen LogP contribution >= 0.6 is 0 Å². The van der Waals surface area contributed by atoms with Crippen LogP contribution in [0.15, 0.2) is 41.2 Å². The molecule has 0 saturated carbocycles. The molecular formula is C15H13N3O. The zero-order valence-corrected chi connectivity index (χ0v) is 10.8. The van der Waals surface area contributed by atoms with Gasteiger partial charge in [0.05, 0.1) is 5.69 Å². The number of benzene rings is 1.